The number of rotatable bonds is 6. The van der Waals surface area contributed by atoms with Gasteiger partial charge < -0.3 is 10.4 Å². The van der Waals surface area contributed by atoms with Gasteiger partial charge in [0.1, 0.15) is 6.04 Å². The van der Waals surface area contributed by atoms with Crippen molar-refractivity contribution in [1.29, 1.82) is 0 Å². The third kappa shape index (κ3) is 3.67. The van der Waals surface area contributed by atoms with Crippen LogP contribution < -0.4 is 5.32 Å². The standard InChI is InChI=1S/C12H23NO2S/c1-3-10(11(14)15)13-9-12(16-2)7-5-4-6-8-12/h10,13H,3-9H2,1-2H3,(H,14,15). The molecule has 1 aliphatic carbocycles. The van der Waals surface area contributed by atoms with Gasteiger partial charge in [0.25, 0.3) is 0 Å². The van der Waals surface area contributed by atoms with E-state index in [0.29, 0.717) is 6.42 Å². The zero-order valence-electron chi connectivity index (χ0n) is 10.3. The highest BCUT2D eigenvalue weighted by Gasteiger charge is 2.32. The first-order valence-corrected chi connectivity index (χ1v) is 7.37. The molecule has 1 fully saturated rings. The summed E-state index contributed by atoms with van der Waals surface area (Å²) in [5, 5.41) is 12.2. The molecule has 0 saturated heterocycles. The second-order valence-electron chi connectivity index (χ2n) is 4.63. The third-order valence-electron chi connectivity index (χ3n) is 3.57. The molecule has 1 atom stereocenters. The highest BCUT2D eigenvalue weighted by atomic mass is 32.2. The van der Waals surface area contributed by atoms with Gasteiger partial charge in [-0.3, -0.25) is 4.79 Å². The van der Waals surface area contributed by atoms with E-state index >= 15 is 0 Å². The number of hydrogen-bond acceptors (Lipinski definition) is 3. The maximum atomic E-state index is 10.9. The van der Waals surface area contributed by atoms with E-state index in [1.165, 1.54) is 32.1 Å². The van der Waals surface area contributed by atoms with Gasteiger partial charge in [-0.25, -0.2) is 0 Å². The third-order valence-corrected chi connectivity index (χ3v) is 4.99. The molecule has 0 amide bonds. The Labute approximate surface area is 102 Å². The van der Waals surface area contributed by atoms with Crippen LogP contribution >= 0.6 is 11.8 Å². The molecule has 0 bridgehead atoms. The number of carbonyl (C=O) groups is 1. The van der Waals surface area contributed by atoms with E-state index < -0.39 is 5.97 Å². The zero-order chi connectivity index (χ0) is 12.0. The molecule has 0 spiro atoms. The van der Waals surface area contributed by atoms with Crippen LogP contribution in [0.1, 0.15) is 45.4 Å². The maximum absolute atomic E-state index is 10.9. The molecule has 1 saturated carbocycles. The lowest BCUT2D eigenvalue weighted by molar-refractivity contribution is -0.139. The zero-order valence-corrected chi connectivity index (χ0v) is 11.1. The highest BCUT2D eigenvalue weighted by molar-refractivity contribution is 8.00. The van der Waals surface area contributed by atoms with E-state index in [-0.39, 0.29) is 10.8 Å². The molecule has 3 nitrogen and oxygen atoms in total. The summed E-state index contributed by atoms with van der Waals surface area (Å²) >= 11 is 1.90. The van der Waals surface area contributed by atoms with Gasteiger partial charge in [-0.05, 0) is 25.5 Å². The van der Waals surface area contributed by atoms with Gasteiger partial charge >= 0.3 is 5.97 Å². The molecule has 0 aromatic carbocycles. The Morgan fingerprint density at radius 3 is 2.50 bits per heavy atom. The molecule has 1 unspecified atom stereocenters. The van der Waals surface area contributed by atoms with Crippen molar-refractivity contribution in [1.82, 2.24) is 5.32 Å². The predicted molar refractivity (Wildman–Crippen MR) is 69.0 cm³/mol. The second kappa shape index (κ2) is 6.50. The number of nitrogens with one attached hydrogen (secondary N) is 1. The molecule has 1 aliphatic rings. The fourth-order valence-corrected chi connectivity index (χ4v) is 3.29. The molecule has 0 aromatic heterocycles. The summed E-state index contributed by atoms with van der Waals surface area (Å²) in [4.78, 5) is 10.9. The van der Waals surface area contributed by atoms with Crippen LogP contribution in [-0.2, 0) is 4.79 Å². The molecular weight excluding hydrogens is 222 g/mol. The minimum Gasteiger partial charge on any atom is -0.480 e. The fourth-order valence-electron chi connectivity index (χ4n) is 2.36. The SMILES string of the molecule is CCC(NCC1(SC)CCCCC1)C(=O)O. The fraction of sp³-hybridized carbons (Fsp3) is 0.917. The van der Waals surface area contributed by atoms with Crippen LogP contribution in [0.25, 0.3) is 0 Å². The predicted octanol–water partition coefficient (Wildman–Crippen LogP) is 2.51. The van der Waals surface area contributed by atoms with Crippen molar-refractivity contribution in [3.8, 4) is 0 Å². The quantitative estimate of drug-likeness (QED) is 0.755. The summed E-state index contributed by atoms with van der Waals surface area (Å²) < 4.78 is 0.279. The number of carboxylic acid groups (broad SMARTS) is 1. The van der Waals surface area contributed by atoms with Crippen LogP contribution in [0.3, 0.4) is 0 Å². The Balaban J connectivity index is 2.46. The van der Waals surface area contributed by atoms with Crippen molar-refractivity contribution in [2.24, 2.45) is 0 Å². The molecule has 0 heterocycles. The number of aliphatic carboxylic acids is 1. The van der Waals surface area contributed by atoms with E-state index in [1.54, 1.807) is 0 Å². The average molecular weight is 245 g/mol. The largest absolute Gasteiger partial charge is 0.480 e. The summed E-state index contributed by atoms with van der Waals surface area (Å²) in [7, 11) is 0. The van der Waals surface area contributed by atoms with E-state index in [4.69, 9.17) is 5.11 Å². The molecule has 2 N–H and O–H groups in total. The lowest BCUT2D eigenvalue weighted by Crippen LogP contribution is -2.46. The Morgan fingerprint density at radius 2 is 2.06 bits per heavy atom. The van der Waals surface area contributed by atoms with Crippen LogP contribution in [0, 0.1) is 0 Å². The Morgan fingerprint density at radius 1 is 1.44 bits per heavy atom. The summed E-state index contributed by atoms with van der Waals surface area (Å²) in [6.45, 7) is 2.75. The number of carboxylic acids is 1. The van der Waals surface area contributed by atoms with Gasteiger partial charge in [0.15, 0.2) is 0 Å². The van der Waals surface area contributed by atoms with Crippen molar-refractivity contribution < 1.29 is 9.90 Å². The normalized spacial score (nSPS) is 21.6. The van der Waals surface area contributed by atoms with Gasteiger partial charge in [-0.15, -0.1) is 0 Å². The Hall–Kier alpha value is -0.220. The maximum Gasteiger partial charge on any atom is 0.320 e. The first-order chi connectivity index (χ1) is 7.63. The lowest BCUT2D eigenvalue weighted by Gasteiger charge is -2.36. The molecule has 4 heteroatoms. The monoisotopic (exact) mass is 245 g/mol. The molecule has 94 valence electrons. The van der Waals surface area contributed by atoms with Crippen LogP contribution in [0.15, 0.2) is 0 Å². The van der Waals surface area contributed by atoms with Crippen molar-refractivity contribution in [3.05, 3.63) is 0 Å². The molecule has 1 rings (SSSR count). The number of hydrogen-bond donors (Lipinski definition) is 2. The molecule has 0 radical (unpaired) electrons. The molecular formula is C12H23NO2S. The minimum atomic E-state index is -0.727. The summed E-state index contributed by atoms with van der Waals surface area (Å²) in [5.41, 5.74) is 0. The van der Waals surface area contributed by atoms with Crippen molar-refractivity contribution >= 4 is 17.7 Å². The van der Waals surface area contributed by atoms with Gasteiger partial charge in [-0.1, -0.05) is 26.2 Å². The van der Waals surface area contributed by atoms with E-state index in [0.717, 1.165) is 6.54 Å². The Kier molecular flexibility index (Phi) is 5.62. The van der Waals surface area contributed by atoms with Crippen LogP contribution in [0.5, 0.6) is 0 Å². The molecule has 0 aliphatic heterocycles. The average Bonchev–Trinajstić information content (AvgIpc) is 2.30. The van der Waals surface area contributed by atoms with Crippen LogP contribution in [0.4, 0.5) is 0 Å². The topological polar surface area (TPSA) is 49.3 Å². The minimum absolute atomic E-state index is 0.279. The summed E-state index contributed by atoms with van der Waals surface area (Å²) in [6, 6.07) is -0.383. The number of thioether (sulfide) groups is 1. The summed E-state index contributed by atoms with van der Waals surface area (Å²) in [5.74, 6) is -0.727. The van der Waals surface area contributed by atoms with Crippen molar-refractivity contribution in [2.75, 3.05) is 12.8 Å². The lowest BCUT2D eigenvalue weighted by atomic mass is 9.88. The van der Waals surface area contributed by atoms with E-state index in [1.807, 2.05) is 18.7 Å². The van der Waals surface area contributed by atoms with Crippen molar-refractivity contribution in [3.63, 3.8) is 0 Å². The molecule has 16 heavy (non-hydrogen) atoms. The van der Waals surface area contributed by atoms with Gasteiger partial charge in [0, 0.05) is 11.3 Å². The summed E-state index contributed by atoms with van der Waals surface area (Å²) in [6.07, 6.45) is 9.14. The van der Waals surface area contributed by atoms with Crippen LogP contribution in [0.2, 0.25) is 0 Å². The highest BCUT2D eigenvalue weighted by Crippen LogP contribution is 2.38. The van der Waals surface area contributed by atoms with Gasteiger partial charge in [0.2, 0.25) is 0 Å². The smallest absolute Gasteiger partial charge is 0.320 e. The van der Waals surface area contributed by atoms with E-state index in [9.17, 15) is 4.79 Å². The first kappa shape index (κ1) is 13.8. The van der Waals surface area contributed by atoms with Gasteiger partial charge in [-0.2, -0.15) is 11.8 Å². The van der Waals surface area contributed by atoms with Crippen molar-refractivity contribution in [2.45, 2.75) is 56.2 Å². The Bertz CT molecular complexity index is 227. The van der Waals surface area contributed by atoms with Gasteiger partial charge in [0.05, 0.1) is 0 Å². The first-order valence-electron chi connectivity index (χ1n) is 6.15. The molecule has 0 aromatic rings. The van der Waals surface area contributed by atoms with Crippen LogP contribution in [-0.4, -0.2) is 34.7 Å². The second-order valence-corrected chi connectivity index (χ2v) is 5.90. The van der Waals surface area contributed by atoms with E-state index in [2.05, 4.69) is 11.6 Å².